The second-order valence-corrected chi connectivity index (χ2v) is 10.00. The Bertz CT molecular complexity index is 1430. The van der Waals surface area contributed by atoms with Gasteiger partial charge in [0.1, 0.15) is 18.9 Å². The number of hydrogen-bond donors (Lipinski definition) is 1. The van der Waals surface area contributed by atoms with Gasteiger partial charge in [0.25, 0.3) is 11.1 Å². The van der Waals surface area contributed by atoms with Crippen molar-refractivity contribution in [2.75, 3.05) is 25.6 Å². The van der Waals surface area contributed by atoms with Gasteiger partial charge in [0.05, 0.1) is 23.6 Å². The zero-order valence-electron chi connectivity index (χ0n) is 21.0. The highest BCUT2D eigenvalue weighted by Crippen LogP contribution is 2.39. The standard InChI is InChI=1S/C28H24Cl2N2O6S/c1-3-37-20-10-8-19(9-11-20)31-25(33)15-32-27(34)24(39-28(32)35)14-17-12-22(30)26(23(13-17)36-2)38-16-18-6-4-5-7-21(18)29/h4-14H,3,15-16H2,1-2H3,(H,31,33)/b24-14+. The second-order valence-electron chi connectivity index (χ2n) is 8.19. The highest BCUT2D eigenvalue weighted by atomic mass is 35.5. The smallest absolute Gasteiger partial charge is 0.294 e. The molecule has 0 aromatic heterocycles. The lowest BCUT2D eigenvalue weighted by Gasteiger charge is -2.14. The first-order chi connectivity index (χ1) is 18.8. The van der Waals surface area contributed by atoms with Gasteiger partial charge >= 0.3 is 0 Å². The Hall–Kier alpha value is -3.66. The number of methoxy groups -OCH3 is 1. The van der Waals surface area contributed by atoms with E-state index in [0.29, 0.717) is 40.1 Å². The number of carbonyl (C=O) groups is 3. The number of thioether (sulfide) groups is 1. The molecule has 1 aliphatic rings. The van der Waals surface area contributed by atoms with E-state index in [0.717, 1.165) is 22.2 Å². The quantitative estimate of drug-likeness (QED) is 0.265. The molecular weight excluding hydrogens is 563 g/mol. The van der Waals surface area contributed by atoms with Crippen molar-refractivity contribution in [2.45, 2.75) is 13.5 Å². The first-order valence-electron chi connectivity index (χ1n) is 11.8. The van der Waals surface area contributed by atoms with E-state index in [9.17, 15) is 14.4 Å². The predicted octanol–water partition coefficient (Wildman–Crippen LogP) is 6.65. The summed E-state index contributed by atoms with van der Waals surface area (Å²) in [5.41, 5.74) is 1.82. The maximum Gasteiger partial charge on any atom is 0.294 e. The van der Waals surface area contributed by atoms with E-state index in [-0.39, 0.29) is 16.5 Å². The molecule has 0 spiro atoms. The van der Waals surface area contributed by atoms with Crippen LogP contribution in [0.1, 0.15) is 18.1 Å². The van der Waals surface area contributed by atoms with Crippen molar-refractivity contribution in [2.24, 2.45) is 0 Å². The summed E-state index contributed by atoms with van der Waals surface area (Å²) in [5, 5.41) is 2.94. The van der Waals surface area contributed by atoms with Gasteiger partial charge in [-0.15, -0.1) is 0 Å². The lowest BCUT2D eigenvalue weighted by atomic mass is 10.1. The number of rotatable bonds is 10. The molecule has 0 atom stereocenters. The molecule has 1 fully saturated rings. The summed E-state index contributed by atoms with van der Waals surface area (Å²) in [6.07, 6.45) is 1.52. The van der Waals surface area contributed by atoms with Gasteiger partial charge in [0.15, 0.2) is 11.5 Å². The topological polar surface area (TPSA) is 94.2 Å². The van der Waals surface area contributed by atoms with E-state index >= 15 is 0 Å². The van der Waals surface area contributed by atoms with Crippen molar-refractivity contribution in [1.29, 1.82) is 0 Å². The molecule has 3 aromatic rings. The average molecular weight is 587 g/mol. The summed E-state index contributed by atoms with van der Waals surface area (Å²) in [6.45, 7) is 2.15. The number of imide groups is 1. The highest BCUT2D eigenvalue weighted by Gasteiger charge is 2.36. The van der Waals surface area contributed by atoms with E-state index in [4.69, 9.17) is 37.4 Å². The van der Waals surface area contributed by atoms with Crippen molar-refractivity contribution in [3.63, 3.8) is 0 Å². The number of halogens is 2. The molecule has 1 N–H and O–H groups in total. The van der Waals surface area contributed by atoms with Crippen LogP contribution in [0.15, 0.2) is 65.6 Å². The third kappa shape index (κ3) is 7.06. The number of nitrogens with one attached hydrogen (secondary N) is 1. The number of ether oxygens (including phenoxy) is 3. The minimum absolute atomic E-state index is 0.150. The summed E-state index contributed by atoms with van der Waals surface area (Å²) in [5.74, 6) is 0.238. The Morgan fingerprint density at radius 3 is 2.46 bits per heavy atom. The first kappa shape index (κ1) is 28.4. The molecule has 11 heteroatoms. The number of nitrogens with zero attached hydrogens (tertiary/aromatic N) is 1. The Kier molecular flexibility index (Phi) is 9.40. The molecule has 1 saturated heterocycles. The zero-order valence-corrected chi connectivity index (χ0v) is 23.4. The fourth-order valence-electron chi connectivity index (χ4n) is 3.66. The van der Waals surface area contributed by atoms with Crippen LogP contribution in [-0.4, -0.2) is 42.2 Å². The van der Waals surface area contributed by atoms with Crippen molar-refractivity contribution in [3.8, 4) is 17.2 Å². The second kappa shape index (κ2) is 12.9. The monoisotopic (exact) mass is 586 g/mol. The first-order valence-corrected chi connectivity index (χ1v) is 13.4. The molecule has 0 radical (unpaired) electrons. The van der Waals surface area contributed by atoms with Crippen LogP contribution in [0.3, 0.4) is 0 Å². The number of amides is 3. The van der Waals surface area contributed by atoms with Crippen LogP contribution in [0.25, 0.3) is 6.08 Å². The van der Waals surface area contributed by atoms with Crippen molar-refractivity contribution < 1.29 is 28.6 Å². The minimum atomic E-state index is -0.582. The molecule has 8 nitrogen and oxygen atoms in total. The van der Waals surface area contributed by atoms with Crippen molar-refractivity contribution in [3.05, 3.63) is 86.7 Å². The van der Waals surface area contributed by atoms with Crippen LogP contribution in [0.2, 0.25) is 10.0 Å². The Morgan fingerprint density at radius 2 is 1.77 bits per heavy atom. The largest absolute Gasteiger partial charge is 0.494 e. The van der Waals surface area contributed by atoms with Gasteiger partial charge in [-0.2, -0.15) is 0 Å². The van der Waals surface area contributed by atoms with E-state index in [1.54, 1.807) is 42.5 Å². The molecule has 0 aliphatic carbocycles. The third-order valence-electron chi connectivity index (χ3n) is 5.50. The molecule has 202 valence electrons. The van der Waals surface area contributed by atoms with E-state index in [1.807, 2.05) is 25.1 Å². The third-order valence-corrected chi connectivity index (χ3v) is 7.06. The fraction of sp³-hybridized carbons (Fsp3) is 0.179. The van der Waals surface area contributed by atoms with Crippen LogP contribution in [0.4, 0.5) is 10.5 Å². The molecule has 0 bridgehead atoms. The van der Waals surface area contributed by atoms with Crippen LogP contribution >= 0.6 is 35.0 Å². The lowest BCUT2D eigenvalue weighted by molar-refractivity contribution is -0.127. The summed E-state index contributed by atoms with van der Waals surface area (Å²) < 4.78 is 16.7. The van der Waals surface area contributed by atoms with Gasteiger partial charge in [-0.25, -0.2) is 0 Å². The van der Waals surface area contributed by atoms with Crippen LogP contribution < -0.4 is 19.5 Å². The Morgan fingerprint density at radius 1 is 1.03 bits per heavy atom. The van der Waals surface area contributed by atoms with Crippen molar-refractivity contribution in [1.82, 2.24) is 4.90 Å². The lowest BCUT2D eigenvalue weighted by Crippen LogP contribution is -2.36. The predicted molar refractivity (Wildman–Crippen MR) is 153 cm³/mol. The molecule has 3 amide bonds. The number of anilines is 1. The van der Waals surface area contributed by atoms with E-state index in [1.165, 1.54) is 13.2 Å². The van der Waals surface area contributed by atoms with E-state index in [2.05, 4.69) is 5.32 Å². The fourth-order valence-corrected chi connectivity index (χ4v) is 4.96. The number of benzene rings is 3. The van der Waals surface area contributed by atoms with Gasteiger partial charge in [-0.3, -0.25) is 19.3 Å². The molecule has 3 aromatic carbocycles. The molecule has 0 saturated carbocycles. The highest BCUT2D eigenvalue weighted by molar-refractivity contribution is 8.18. The summed E-state index contributed by atoms with van der Waals surface area (Å²) in [6, 6.07) is 17.3. The van der Waals surface area contributed by atoms with Gasteiger partial charge in [-0.05, 0) is 72.8 Å². The van der Waals surface area contributed by atoms with Crippen LogP contribution in [0, 0.1) is 0 Å². The zero-order chi connectivity index (χ0) is 27.9. The molecule has 39 heavy (non-hydrogen) atoms. The minimum Gasteiger partial charge on any atom is -0.494 e. The van der Waals surface area contributed by atoms with Gasteiger partial charge in [-0.1, -0.05) is 41.4 Å². The van der Waals surface area contributed by atoms with Crippen molar-refractivity contribution >= 4 is 63.8 Å². The molecular formula is C28H24Cl2N2O6S. The summed E-state index contributed by atoms with van der Waals surface area (Å²) >= 11 is 13.4. The molecule has 4 rings (SSSR count). The summed E-state index contributed by atoms with van der Waals surface area (Å²) in [4.78, 5) is 39.0. The Balaban J connectivity index is 1.44. The van der Waals surface area contributed by atoms with E-state index < -0.39 is 23.6 Å². The average Bonchev–Trinajstić information content (AvgIpc) is 3.17. The SMILES string of the molecule is CCOc1ccc(NC(=O)CN2C(=O)S/C(=C/c3cc(Cl)c(OCc4ccccc4Cl)c(OC)c3)C2=O)cc1. The van der Waals surface area contributed by atoms with Gasteiger partial charge in [0, 0.05) is 16.3 Å². The summed E-state index contributed by atoms with van der Waals surface area (Å²) in [7, 11) is 1.47. The molecule has 1 heterocycles. The van der Waals surface area contributed by atoms with Gasteiger partial charge in [0.2, 0.25) is 5.91 Å². The van der Waals surface area contributed by atoms with Crippen LogP contribution in [-0.2, 0) is 16.2 Å². The Labute approximate surface area is 239 Å². The maximum absolute atomic E-state index is 12.9. The molecule has 0 unspecified atom stereocenters. The van der Waals surface area contributed by atoms with Gasteiger partial charge < -0.3 is 19.5 Å². The van der Waals surface area contributed by atoms with Crippen LogP contribution in [0.5, 0.6) is 17.2 Å². The number of carbonyl (C=O) groups excluding carboxylic acids is 3. The normalized spacial score (nSPS) is 14.1. The maximum atomic E-state index is 12.9. The molecule has 1 aliphatic heterocycles. The number of hydrogen-bond acceptors (Lipinski definition) is 7.